The number of carbonyl (C=O) groups is 2. The van der Waals surface area contributed by atoms with Crippen molar-refractivity contribution >= 4 is 12.0 Å². The predicted octanol–water partition coefficient (Wildman–Crippen LogP) is 2.24. The number of halogens is 2. The number of aromatic nitrogens is 3. The largest absolute Gasteiger partial charge is 0.448 e. The fourth-order valence-electron chi connectivity index (χ4n) is 3.18. The Bertz CT molecular complexity index is 934. The van der Waals surface area contributed by atoms with Gasteiger partial charge in [0.25, 0.3) is 5.92 Å². The highest BCUT2D eigenvalue weighted by Crippen LogP contribution is 2.35. The summed E-state index contributed by atoms with van der Waals surface area (Å²) < 4.78 is 36.1. The molecule has 1 aromatic carbocycles. The van der Waals surface area contributed by atoms with Gasteiger partial charge in [-0.05, 0) is 33.1 Å². The number of amides is 2. The Hall–Kier alpha value is -3.12. The lowest BCUT2D eigenvalue weighted by Gasteiger charge is -2.26. The maximum atomic E-state index is 14.8. The Morgan fingerprint density at radius 1 is 1.23 bits per heavy atom. The number of ether oxygens (including phenoxy) is 1. The molecule has 0 saturated carbocycles. The number of hydrogen-bond donors (Lipinski definition) is 4. The molecule has 1 aromatic heterocycles. The Morgan fingerprint density at radius 2 is 1.94 bits per heavy atom. The van der Waals surface area contributed by atoms with Crippen molar-refractivity contribution < 1.29 is 28.2 Å². The minimum atomic E-state index is -3.12. The molecule has 2 aromatic rings. The van der Waals surface area contributed by atoms with Crippen molar-refractivity contribution in [3.8, 4) is 0 Å². The number of nitrogens with zero attached hydrogens (tertiary/aromatic N) is 3. The molecule has 0 spiro atoms. The maximum absolute atomic E-state index is 14.8. The lowest BCUT2D eigenvalue weighted by atomic mass is 9.99. The Morgan fingerprint density at radius 3 is 2.60 bits per heavy atom. The summed E-state index contributed by atoms with van der Waals surface area (Å²) in [7, 11) is 0. The number of hydrogen-bond acceptors (Lipinski definition) is 7. The molecule has 1 atom stereocenters. The lowest BCUT2D eigenvalue weighted by Crippen LogP contribution is -2.50. The van der Waals surface area contributed by atoms with Crippen molar-refractivity contribution in [1.82, 2.24) is 25.4 Å². The molecule has 35 heavy (non-hydrogen) atoms. The van der Waals surface area contributed by atoms with Gasteiger partial charge in [-0.25, -0.2) is 23.2 Å². The lowest BCUT2D eigenvalue weighted by molar-refractivity contribution is -0.126. The minimum absolute atomic E-state index is 0.0438. The zero-order valence-corrected chi connectivity index (χ0v) is 20.0. The first-order valence-electron chi connectivity index (χ1n) is 11.5. The molecule has 10 nitrogen and oxygen atoms in total. The number of rotatable bonds is 14. The van der Waals surface area contributed by atoms with Crippen LogP contribution < -0.4 is 16.4 Å². The van der Waals surface area contributed by atoms with E-state index in [0.717, 1.165) is 0 Å². The number of alkyl carbamates (subject to hydrolysis) is 1. The molecule has 2 rings (SSSR count). The standard InChI is InChI=1S/C23H34F2N6O4/c1-22(2,26)20(33)30-18(10-11-23(24,25)17-8-4-3-5-9-17)19-28-16-29-31(19)13-15-35-21(34)27-12-6-7-14-32/h3-5,8-9,16,18,32H,6-7,10-15,26H2,1-2H3,(H,27,34)(H,30,33). The molecule has 0 radical (unpaired) electrons. The molecule has 0 aliphatic carbocycles. The van der Waals surface area contributed by atoms with E-state index in [-0.39, 0.29) is 37.6 Å². The van der Waals surface area contributed by atoms with Gasteiger partial charge in [0.2, 0.25) is 5.91 Å². The highest BCUT2D eigenvalue weighted by Gasteiger charge is 2.34. The van der Waals surface area contributed by atoms with E-state index in [2.05, 4.69) is 20.7 Å². The fraction of sp³-hybridized carbons (Fsp3) is 0.565. The van der Waals surface area contributed by atoms with Crippen molar-refractivity contribution in [1.29, 1.82) is 0 Å². The first-order chi connectivity index (χ1) is 16.5. The van der Waals surface area contributed by atoms with Crippen LogP contribution in [-0.2, 0) is 22.0 Å². The van der Waals surface area contributed by atoms with Crippen LogP contribution in [0.4, 0.5) is 13.6 Å². The van der Waals surface area contributed by atoms with Crippen LogP contribution in [0.25, 0.3) is 0 Å². The van der Waals surface area contributed by atoms with Crippen LogP contribution in [0.15, 0.2) is 36.7 Å². The second kappa shape index (κ2) is 13.1. The second-order valence-corrected chi connectivity index (χ2v) is 8.69. The molecular formula is C23H34F2N6O4. The van der Waals surface area contributed by atoms with Gasteiger partial charge >= 0.3 is 6.09 Å². The van der Waals surface area contributed by atoms with E-state index in [0.29, 0.717) is 19.4 Å². The molecule has 5 N–H and O–H groups in total. The van der Waals surface area contributed by atoms with Gasteiger partial charge in [0, 0.05) is 25.1 Å². The summed E-state index contributed by atoms with van der Waals surface area (Å²) in [6.45, 7) is 3.48. The van der Waals surface area contributed by atoms with Gasteiger partial charge in [0.05, 0.1) is 18.1 Å². The van der Waals surface area contributed by atoms with Gasteiger partial charge in [0.1, 0.15) is 18.8 Å². The van der Waals surface area contributed by atoms with E-state index < -0.39 is 35.9 Å². The molecule has 2 amide bonds. The molecular weight excluding hydrogens is 462 g/mol. The number of carbonyl (C=O) groups excluding carboxylic acids is 2. The summed E-state index contributed by atoms with van der Waals surface area (Å²) >= 11 is 0. The van der Waals surface area contributed by atoms with Crippen molar-refractivity contribution in [3.63, 3.8) is 0 Å². The molecule has 0 fully saturated rings. The molecule has 0 saturated heterocycles. The van der Waals surface area contributed by atoms with Crippen LogP contribution in [0.5, 0.6) is 0 Å². The topological polar surface area (TPSA) is 144 Å². The number of aliphatic hydroxyl groups excluding tert-OH is 1. The van der Waals surface area contributed by atoms with Gasteiger partial charge in [0.15, 0.2) is 0 Å². The first kappa shape index (κ1) is 28.1. The number of nitrogens with two attached hydrogens (primary N) is 1. The smallest absolute Gasteiger partial charge is 0.407 e. The van der Waals surface area contributed by atoms with E-state index in [4.69, 9.17) is 15.6 Å². The van der Waals surface area contributed by atoms with E-state index in [1.54, 1.807) is 18.2 Å². The third-order valence-electron chi connectivity index (χ3n) is 5.18. The second-order valence-electron chi connectivity index (χ2n) is 8.69. The van der Waals surface area contributed by atoms with E-state index in [1.807, 2.05) is 0 Å². The molecule has 0 aliphatic rings. The number of aliphatic hydroxyl groups is 1. The fourth-order valence-corrected chi connectivity index (χ4v) is 3.18. The average molecular weight is 497 g/mol. The van der Waals surface area contributed by atoms with Gasteiger partial charge in [-0.15, -0.1) is 0 Å². The van der Waals surface area contributed by atoms with Crippen molar-refractivity contribution in [2.45, 2.75) is 63.6 Å². The predicted molar refractivity (Wildman–Crippen MR) is 124 cm³/mol. The van der Waals surface area contributed by atoms with E-state index >= 15 is 0 Å². The van der Waals surface area contributed by atoms with Crippen LogP contribution >= 0.6 is 0 Å². The summed E-state index contributed by atoms with van der Waals surface area (Å²) in [5.41, 5.74) is 4.53. The van der Waals surface area contributed by atoms with Gasteiger partial charge in [-0.2, -0.15) is 5.10 Å². The SMILES string of the molecule is CC(C)(N)C(=O)NC(CCC(F)(F)c1ccccc1)c1ncnn1CCOC(=O)NCCCCO. The molecule has 1 unspecified atom stereocenters. The van der Waals surface area contributed by atoms with Crippen molar-refractivity contribution in [2.75, 3.05) is 19.8 Å². The molecule has 0 aliphatic heterocycles. The Balaban J connectivity index is 2.06. The zero-order chi connectivity index (χ0) is 25.9. The van der Waals surface area contributed by atoms with Crippen molar-refractivity contribution in [2.24, 2.45) is 5.73 Å². The molecule has 0 bridgehead atoms. The Kier molecular flexibility index (Phi) is 10.5. The number of alkyl halides is 2. The van der Waals surface area contributed by atoms with Crippen LogP contribution in [0.3, 0.4) is 0 Å². The molecule has 12 heteroatoms. The minimum Gasteiger partial charge on any atom is -0.448 e. The van der Waals surface area contributed by atoms with Gasteiger partial charge in [-0.1, -0.05) is 30.3 Å². The summed E-state index contributed by atoms with van der Waals surface area (Å²) in [5, 5.41) is 18.1. The number of benzene rings is 1. The summed E-state index contributed by atoms with van der Waals surface area (Å²) in [6.07, 6.45) is 1.12. The van der Waals surface area contributed by atoms with E-state index in [1.165, 1.54) is 37.0 Å². The summed E-state index contributed by atoms with van der Waals surface area (Å²) in [5.74, 6) is -3.40. The van der Waals surface area contributed by atoms with Crippen LogP contribution in [-0.4, -0.2) is 57.2 Å². The summed E-state index contributed by atoms with van der Waals surface area (Å²) in [4.78, 5) is 28.5. The van der Waals surface area contributed by atoms with Crippen LogP contribution in [0, 0.1) is 0 Å². The van der Waals surface area contributed by atoms with Crippen LogP contribution in [0.2, 0.25) is 0 Å². The third-order valence-corrected chi connectivity index (χ3v) is 5.18. The zero-order valence-electron chi connectivity index (χ0n) is 20.0. The van der Waals surface area contributed by atoms with E-state index in [9.17, 15) is 18.4 Å². The number of unbranched alkanes of at least 4 members (excludes halogenated alkanes) is 1. The highest BCUT2D eigenvalue weighted by atomic mass is 19.3. The van der Waals surface area contributed by atoms with Crippen LogP contribution in [0.1, 0.15) is 57.0 Å². The summed E-state index contributed by atoms with van der Waals surface area (Å²) in [6, 6.07) is 6.55. The normalized spacial score (nSPS) is 12.7. The maximum Gasteiger partial charge on any atom is 0.407 e. The third kappa shape index (κ3) is 9.21. The van der Waals surface area contributed by atoms with Crippen molar-refractivity contribution in [3.05, 3.63) is 48.0 Å². The average Bonchev–Trinajstić information content (AvgIpc) is 3.27. The molecule has 1 heterocycles. The number of nitrogens with one attached hydrogen (secondary N) is 2. The highest BCUT2D eigenvalue weighted by molar-refractivity contribution is 5.85. The first-order valence-corrected chi connectivity index (χ1v) is 11.5. The Labute approximate surface area is 203 Å². The molecule has 194 valence electrons. The monoisotopic (exact) mass is 496 g/mol. The van der Waals surface area contributed by atoms with Gasteiger partial charge < -0.3 is 26.2 Å². The van der Waals surface area contributed by atoms with Gasteiger partial charge in [-0.3, -0.25) is 4.79 Å². The quantitative estimate of drug-likeness (QED) is 0.294.